The molecule has 2 fully saturated rings. The van der Waals surface area contributed by atoms with Gasteiger partial charge in [0.15, 0.2) is 17.4 Å². The van der Waals surface area contributed by atoms with Gasteiger partial charge in [-0.1, -0.05) is 11.6 Å². The molecule has 3 aliphatic rings. The number of ether oxygens (including phenoxy) is 1. The second kappa shape index (κ2) is 8.58. The van der Waals surface area contributed by atoms with Crippen LogP contribution in [0, 0.1) is 16.7 Å². The number of pyridine rings is 1. The zero-order chi connectivity index (χ0) is 26.9. The summed E-state index contributed by atoms with van der Waals surface area (Å²) in [4.78, 5) is 8.05. The Morgan fingerprint density at radius 2 is 1.89 bits per heavy atom. The number of aromatic nitrogens is 4. The molecule has 1 spiro atoms. The minimum Gasteiger partial charge on any atom is -0.402 e. The van der Waals surface area contributed by atoms with Gasteiger partial charge in [0.05, 0.1) is 18.3 Å². The first-order chi connectivity index (χ1) is 18.0. The number of hydrogen-bond acceptors (Lipinski definition) is 7. The van der Waals surface area contributed by atoms with Crippen molar-refractivity contribution in [2.24, 2.45) is 5.41 Å². The molecule has 1 aliphatic carbocycles. The molecule has 0 amide bonds. The molecule has 1 saturated carbocycles. The zero-order valence-corrected chi connectivity index (χ0v) is 21.6. The minimum atomic E-state index is -4.77. The van der Waals surface area contributed by atoms with Crippen molar-refractivity contribution >= 4 is 17.4 Å². The van der Waals surface area contributed by atoms with E-state index in [0.29, 0.717) is 31.2 Å². The zero-order valence-electron chi connectivity index (χ0n) is 20.8. The summed E-state index contributed by atoms with van der Waals surface area (Å²) in [5.41, 5.74) is 1.24. The third-order valence-corrected chi connectivity index (χ3v) is 8.08. The van der Waals surface area contributed by atoms with E-state index in [4.69, 9.17) is 11.6 Å². The highest BCUT2D eigenvalue weighted by Gasteiger charge is 2.55. The van der Waals surface area contributed by atoms with Gasteiger partial charge in [-0.25, -0.2) is 4.98 Å². The summed E-state index contributed by atoms with van der Waals surface area (Å²) in [5.74, 6) is 1.72. The van der Waals surface area contributed by atoms with Crippen molar-refractivity contribution in [2.75, 3.05) is 18.0 Å². The highest BCUT2D eigenvalue weighted by atomic mass is 35.5. The van der Waals surface area contributed by atoms with E-state index in [1.165, 1.54) is 18.3 Å². The maximum atomic E-state index is 12.8. The van der Waals surface area contributed by atoms with Crippen LogP contribution in [0.1, 0.15) is 49.8 Å². The lowest BCUT2D eigenvalue weighted by Crippen LogP contribution is -2.62. The predicted molar refractivity (Wildman–Crippen MR) is 133 cm³/mol. The molecule has 12 heteroatoms. The van der Waals surface area contributed by atoms with Crippen molar-refractivity contribution in [3.05, 3.63) is 58.8 Å². The van der Waals surface area contributed by atoms with E-state index in [1.807, 2.05) is 36.9 Å². The number of nitriles is 1. The number of hydrogen-bond donors (Lipinski definition) is 0. The number of alkyl halides is 3. The second-order valence-corrected chi connectivity index (χ2v) is 11.4. The fraction of sp³-hybridized carbons (Fsp3) is 0.462. The highest BCUT2D eigenvalue weighted by Crippen LogP contribution is 2.57. The van der Waals surface area contributed by atoms with Crippen molar-refractivity contribution in [3.63, 3.8) is 0 Å². The van der Waals surface area contributed by atoms with Crippen LogP contribution < -0.4 is 9.64 Å². The number of rotatable bonds is 4. The van der Waals surface area contributed by atoms with E-state index >= 15 is 0 Å². The van der Waals surface area contributed by atoms with Gasteiger partial charge in [-0.3, -0.25) is 9.47 Å². The van der Waals surface area contributed by atoms with Crippen LogP contribution in [-0.2, 0) is 13.1 Å². The third kappa shape index (κ3) is 4.25. The molecule has 1 aromatic carbocycles. The summed E-state index contributed by atoms with van der Waals surface area (Å²) in [7, 11) is 0. The highest BCUT2D eigenvalue weighted by molar-refractivity contribution is 6.30. The summed E-state index contributed by atoms with van der Waals surface area (Å²) in [6.07, 6.45) is -1.61. The van der Waals surface area contributed by atoms with Crippen LogP contribution in [0.4, 0.5) is 19.0 Å². The van der Waals surface area contributed by atoms with E-state index in [-0.39, 0.29) is 22.9 Å². The smallest absolute Gasteiger partial charge is 0.402 e. The van der Waals surface area contributed by atoms with E-state index in [0.717, 1.165) is 35.7 Å². The molecule has 2 aromatic heterocycles. The van der Waals surface area contributed by atoms with Crippen molar-refractivity contribution in [1.29, 1.82) is 5.26 Å². The van der Waals surface area contributed by atoms with Crippen LogP contribution in [0.15, 0.2) is 36.5 Å². The molecule has 6 rings (SSSR count). The van der Waals surface area contributed by atoms with E-state index in [9.17, 15) is 18.4 Å². The van der Waals surface area contributed by atoms with Gasteiger partial charge in [0, 0.05) is 42.2 Å². The van der Waals surface area contributed by atoms with Crippen molar-refractivity contribution in [2.45, 2.75) is 57.6 Å². The first-order valence-electron chi connectivity index (χ1n) is 12.3. The molecule has 0 bridgehead atoms. The summed E-state index contributed by atoms with van der Waals surface area (Å²) in [6, 6.07) is 10.8. The van der Waals surface area contributed by atoms with Crippen LogP contribution in [0.25, 0.3) is 5.69 Å². The van der Waals surface area contributed by atoms with Crippen molar-refractivity contribution in [3.8, 4) is 17.5 Å². The number of nitrogens with zero attached hydrogens (tertiary/aromatic N) is 7. The maximum Gasteiger partial charge on any atom is 0.573 e. The first kappa shape index (κ1) is 24.9. The Balaban J connectivity index is 1.23. The van der Waals surface area contributed by atoms with Gasteiger partial charge in [-0.05, 0) is 62.6 Å². The molecule has 0 N–H and O–H groups in total. The number of benzene rings is 1. The van der Waals surface area contributed by atoms with Crippen LogP contribution in [0.5, 0.6) is 5.75 Å². The topological polar surface area (TPSA) is 83.1 Å². The molecule has 38 heavy (non-hydrogen) atoms. The molecule has 0 atom stereocenters. The second-order valence-electron chi connectivity index (χ2n) is 10.9. The van der Waals surface area contributed by atoms with Gasteiger partial charge in [0.25, 0.3) is 0 Å². The Hall–Kier alpha value is -3.36. The lowest BCUT2D eigenvalue weighted by atomic mass is 9.57. The average molecular weight is 544 g/mol. The summed E-state index contributed by atoms with van der Waals surface area (Å²) in [6.45, 7) is 5.99. The van der Waals surface area contributed by atoms with Crippen LogP contribution in [0.2, 0.25) is 5.02 Å². The molecule has 2 aliphatic heterocycles. The Bertz CT molecular complexity index is 1430. The monoisotopic (exact) mass is 543 g/mol. The normalized spacial score (nSPS) is 19.1. The van der Waals surface area contributed by atoms with Crippen LogP contribution in [0.3, 0.4) is 0 Å². The Labute approximate surface area is 222 Å². The number of fused-ring (bicyclic) bond motifs is 3. The third-order valence-electron chi connectivity index (χ3n) is 7.85. The fourth-order valence-electron chi connectivity index (χ4n) is 5.92. The molecule has 3 aromatic rings. The fourth-order valence-corrected chi connectivity index (χ4v) is 6.12. The lowest BCUT2D eigenvalue weighted by Gasteiger charge is -2.59. The SMILES string of the molecule is CC(C)(C#N)N1Cc2cc(Cl)ccc2-n2c(nnc2C2CC3(C2)CN(c2ncccc2OC(F)(F)F)C3)C1. The molecule has 1 saturated heterocycles. The Kier molecular flexibility index (Phi) is 5.63. The lowest BCUT2D eigenvalue weighted by molar-refractivity contribution is -0.274. The largest absolute Gasteiger partial charge is 0.573 e. The molecule has 0 radical (unpaired) electrons. The Morgan fingerprint density at radius 3 is 2.61 bits per heavy atom. The molecule has 0 unspecified atom stereocenters. The maximum absolute atomic E-state index is 12.8. The van der Waals surface area contributed by atoms with Crippen molar-refractivity contribution in [1.82, 2.24) is 24.6 Å². The minimum absolute atomic E-state index is 0.00747. The van der Waals surface area contributed by atoms with E-state index in [2.05, 4.69) is 35.5 Å². The summed E-state index contributed by atoms with van der Waals surface area (Å²) < 4.78 is 44.8. The molecular weight excluding hydrogens is 519 g/mol. The van der Waals surface area contributed by atoms with Gasteiger partial charge >= 0.3 is 6.36 Å². The Morgan fingerprint density at radius 1 is 1.13 bits per heavy atom. The number of halogens is 4. The van der Waals surface area contributed by atoms with E-state index < -0.39 is 11.9 Å². The summed E-state index contributed by atoms with van der Waals surface area (Å²) in [5, 5.41) is 19.5. The first-order valence-corrected chi connectivity index (χ1v) is 12.7. The van der Waals surface area contributed by atoms with Crippen molar-refractivity contribution < 1.29 is 17.9 Å². The quantitative estimate of drug-likeness (QED) is 0.446. The molecular formula is C26H25ClF3N7O. The van der Waals surface area contributed by atoms with Crippen LogP contribution >= 0.6 is 11.6 Å². The average Bonchev–Trinajstić information content (AvgIpc) is 3.12. The van der Waals surface area contributed by atoms with Gasteiger partial charge in [-0.2, -0.15) is 5.26 Å². The van der Waals surface area contributed by atoms with Crippen LogP contribution in [-0.4, -0.2) is 49.6 Å². The van der Waals surface area contributed by atoms with Gasteiger partial charge in [0.2, 0.25) is 0 Å². The van der Waals surface area contributed by atoms with E-state index in [1.54, 1.807) is 0 Å². The van der Waals surface area contributed by atoms with Gasteiger partial charge in [-0.15, -0.1) is 23.4 Å². The van der Waals surface area contributed by atoms with Gasteiger partial charge < -0.3 is 9.64 Å². The number of anilines is 1. The predicted octanol–water partition coefficient (Wildman–Crippen LogP) is 5.22. The van der Waals surface area contributed by atoms with Gasteiger partial charge in [0.1, 0.15) is 11.4 Å². The standard InChI is InChI=1S/C26H25ClF3N7O/c1-24(2,13-31)36-11-16-8-18(27)5-6-19(16)37-21(12-36)33-34-22(37)17-9-25(10-17)14-35(15-25)23-20(4-3-7-32-23)38-26(28,29)30/h3-8,17H,9-12,14-15H2,1-2H3. The molecule has 8 nitrogen and oxygen atoms in total. The summed E-state index contributed by atoms with van der Waals surface area (Å²) >= 11 is 6.34. The molecule has 4 heterocycles. The molecule has 198 valence electrons.